The molecule has 0 aromatic rings. The van der Waals surface area contributed by atoms with E-state index in [1.54, 1.807) is 11.8 Å². The first kappa shape index (κ1) is 9.41. The Hall–Kier alpha value is -0.680. The van der Waals surface area contributed by atoms with Gasteiger partial charge in [-0.05, 0) is 13.3 Å². The predicted octanol–water partition coefficient (Wildman–Crippen LogP) is -0.591. The van der Waals surface area contributed by atoms with Crippen molar-refractivity contribution in [2.24, 2.45) is 5.84 Å². The number of hydrazine groups is 1. The van der Waals surface area contributed by atoms with E-state index in [2.05, 4.69) is 5.43 Å². The standard InChI is InChI=1S/C7H14FN3O/c1-5(7(12)10-9)11-3-2-6(8)4-11/h5-6H,2-4,9H2,1H3,(H,10,12). The average molecular weight is 175 g/mol. The van der Waals surface area contributed by atoms with Crippen LogP contribution in [0.3, 0.4) is 0 Å². The van der Waals surface area contributed by atoms with Crippen LogP contribution >= 0.6 is 0 Å². The quantitative estimate of drug-likeness (QED) is 0.335. The minimum atomic E-state index is -0.793. The van der Waals surface area contributed by atoms with Crippen molar-refractivity contribution in [2.45, 2.75) is 25.6 Å². The zero-order valence-corrected chi connectivity index (χ0v) is 7.09. The Kier molecular flexibility index (Phi) is 2.99. The molecule has 2 unspecified atom stereocenters. The first-order valence-electron chi connectivity index (χ1n) is 4.03. The molecule has 70 valence electrons. The van der Waals surface area contributed by atoms with E-state index in [4.69, 9.17) is 5.84 Å². The van der Waals surface area contributed by atoms with Gasteiger partial charge in [0.2, 0.25) is 0 Å². The molecule has 5 heteroatoms. The average Bonchev–Trinajstić information content (AvgIpc) is 2.49. The lowest BCUT2D eigenvalue weighted by molar-refractivity contribution is -0.125. The number of nitrogens with zero attached hydrogens (tertiary/aromatic N) is 1. The molecule has 3 N–H and O–H groups in total. The number of rotatable bonds is 2. The van der Waals surface area contributed by atoms with Gasteiger partial charge in [-0.15, -0.1) is 0 Å². The van der Waals surface area contributed by atoms with Gasteiger partial charge < -0.3 is 0 Å². The van der Waals surface area contributed by atoms with Crippen molar-refractivity contribution in [1.82, 2.24) is 10.3 Å². The van der Waals surface area contributed by atoms with Crippen LogP contribution in [0, 0.1) is 0 Å². The zero-order valence-electron chi connectivity index (χ0n) is 7.09. The molecular formula is C7H14FN3O. The van der Waals surface area contributed by atoms with Crippen LogP contribution in [0.5, 0.6) is 0 Å². The third-order valence-corrected chi connectivity index (χ3v) is 2.23. The summed E-state index contributed by atoms with van der Waals surface area (Å²) in [5.74, 6) is 4.70. The second-order valence-corrected chi connectivity index (χ2v) is 3.07. The summed E-state index contributed by atoms with van der Waals surface area (Å²) in [7, 11) is 0. The van der Waals surface area contributed by atoms with Crippen molar-refractivity contribution in [2.75, 3.05) is 13.1 Å². The first-order valence-corrected chi connectivity index (χ1v) is 4.03. The van der Waals surface area contributed by atoms with Crippen LogP contribution in [0.15, 0.2) is 0 Å². The van der Waals surface area contributed by atoms with Crippen LogP contribution in [-0.4, -0.2) is 36.1 Å². The number of alkyl halides is 1. The van der Waals surface area contributed by atoms with Crippen molar-refractivity contribution < 1.29 is 9.18 Å². The maximum atomic E-state index is 12.7. The van der Waals surface area contributed by atoms with Crippen LogP contribution in [0.25, 0.3) is 0 Å². The van der Waals surface area contributed by atoms with Gasteiger partial charge in [-0.25, -0.2) is 10.2 Å². The monoisotopic (exact) mass is 175 g/mol. The van der Waals surface area contributed by atoms with E-state index < -0.39 is 6.17 Å². The largest absolute Gasteiger partial charge is 0.293 e. The highest BCUT2D eigenvalue weighted by Crippen LogP contribution is 2.14. The Bertz CT molecular complexity index is 176. The van der Waals surface area contributed by atoms with Gasteiger partial charge in [-0.2, -0.15) is 0 Å². The van der Waals surface area contributed by atoms with Crippen LogP contribution in [0.1, 0.15) is 13.3 Å². The normalized spacial score (nSPS) is 27.1. The molecule has 0 bridgehead atoms. The van der Waals surface area contributed by atoms with Crippen molar-refractivity contribution >= 4 is 5.91 Å². The first-order chi connectivity index (χ1) is 5.65. The van der Waals surface area contributed by atoms with E-state index in [-0.39, 0.29) is 11.9 Å². The molecule has 1 rings (SSSR count). The van der Waals surface area contributed by atoms with Gasteiger partial charge in [0.15, 0.2) is 0 Å². The van der Waals surface area contributed by atoms with Crippen LogP contribution in [-0.2, 0) is 4.79 Å². The Morgan fingerprint density at radius 1 is 1.83 bits per heavy atom. The fraction of sp³-hybridized carbons (Fsp3) is 0.857. The van der Waals surface area contributed by atoms with Gasteiger partial charge in [-0.1, -0.05) is 0 Å². The molecule has 1 saturated heterocycles. The lowest BCUT2D eigenvalue weighted by atomic mass is 10.3. The molecule has 12 heavy (non-hydrogen) atoms. The molecular weight excluding hydrogens is 161 g/mol. The third-order valence-electron chi connectivity index (χ3n) is 2.23. The molecule has 1 heterocycles. The summed E-state index contributed by atoms with van der Waals surface area (Å²) in [6, 6.07) is -0.323. The number of carbonyl (C=O) groups excluding carboxylic acids is 1. The summed E-state index contributed by atoms with van der Waals surface area (Å²) in [5.41, 5.74) is 2.05. The Balaban J connectivity index is 2.42. The number of likely N-dealkylation sites (tertiary alicyclic amines) is 1. The minimum Gasteiger partial charge on any atom is -0.293 e. The van der Waals surface area contributed by atoms with Crippen molar-refractivity contribution in [3.63, 3.8) is 0 Å². The highest BCUT2D eigenvalue weighted by Gasteiger charge is 2.28. The van der Waals surface area contributed by atoms with Crippen molar-refractivity contribution in [1.29, 1.82) is 0 Å². The van der Waals surface area contributed by atoms with Gasteiger partial charge in [0.1, 0.15) is 6.17 Å². The number of hydrogen-bond acceptors (Lipinski definition) is 3. The zero-order chi connectivity index (χ0) is 9.14. The Morgan fingerprint density at radius 3 is 2.92 bits per heavy atom. The lowest BCUT2D eigenvalue weighted by Gasteiger charge is -2.21. The van der Waals surface area contributed by atoms with Crippen molar-refractivity contribution in [3.05, 3.63) is 0 Å². The predicted molar refractivity (Wildman–Crippen MR) is 42.9 cm³/mol. The summed E-state index contributed by atoms with van der Waals surface area (Å²) in [6.07, 6.45) is -0.277. The number of carbonyl (C=O) groups is 1. The number of nitrogens with one attached hydrogen (secondary N) is 1. The van der Waals surface area contributed by atoms with E-state index in [0.717, 1.165) is 0 Å². The lowest BCUT2D eigenvalue weighted by Crippen LogP contribution is -2.46. The Morgan fingerprint density at radius 2 is 2.50 bits per heavy atom. The van der Waals surface area contributed by atoms with Gasteiger partial charge in [0.25, 0.3) is 5.91 Å². The van der Waals surface area contributed by atoms with Gasteiger partial charge in [0.05, 0.1) is 6.04 Å². The molecule has 0 radical (unpaired) electrons. The molecule has 0 aliphatic carbocycles. The summed E-state index contributed by atoms with van der Waals surface area (Å²) in [6.45, 7) is 2.70. The second-order valence-electron chi connectivity index (χ2n) is 3.07. The number of hydrogen-bond donors (Lipinski definition) is 2. The summed E-state index contributed by atoms with van der Waals surface area (Å²) in [5, 5.41) is 0. The molecule has 0 spiro atoms. The smallest absolute Gasteiger partial charge is 0.250 e. The molecule has 4 nitrogen and oxygen atoms in total. The SMILES string of the molecule is CC(C(=O)NN)N1CCC(F)C1. The van der Waals surface area contributed by atoms with E-state index >= 15 is 0 Å². The molecule has 0 aromatic heterocycles. The van der Waals surface area contributed by atoms with Crippen LogP contribution in [0.2, 0.25) is 0 Å². The molecule has 1 aliphatic heterocycles. The fourth-order valence-corrected chi connectivity index (χ4v) is 1.38. The van der Waals surface area contributed by atoms with Crippen LogP contribution < -0.4 is 11.3 Å². The minimum absolute atomic E-state index is 0.260. The number of nitrogens with two attached hydrogens (primary N) is 1. The third kappa shape index (κ3) is 1.92. The van der Waals surface area contributed by atoms with E-state index in [1.807, 2.05) is 0 Å². The van der Waals surface area contributed by atoms with E-state index in [9.17, 15) is 9.18 Å². The molecule has 0 saturated carbocycles. The molecule has 2 atom stereocenters. The number of amides is 1. The molecule has 1 aliphatic rings. The highest BCUT2D eigenvalue weighted by molar-refractivity contribution is 5.80. The topological polar surface area (TPSA) is 58.4 Å². The maximum absolute atomic E-state index is 12.7. The van der Waals surface area contributed by atoms with Crippen LogP contribution in [0.4, 0.5) is 4.39 Å². The highest BCUT2D eigenvalue weighted by atomic mass is 19.1. The van der Waals surface area contributed by atoms with Gasteiger partial charge in [-0.3, -0.25) is 15.1 Å². The summed E-state index contributed by atoms with van der Waals surface area (Å²) >= 11 is 0. The molecule has 1 fully saturated rings. The van der Waals surface area contributed by atoms with Gasteiger partial charge >= 0.3 is 0 Å². The summed E-state index contributed by atoms with van der Waals surface area (Å²) < 4.78 is 12.7. The molecule has 0 aromatic carbocycles. The van der Waals surface area contributed by atoms with Crippen molar-refractivity contribution in [3.8, 4) is 0 Å². The van der Waals surface area contributed by atoms with E-state index in [0.29, 0.717) is 19.5 Å². The summed E-state index contributed by atoms with van der Waals surface area (Å²) in [4.78, 5) is 12.8. The molecule has 1 amide bonds. The van der Waals surface area contributed by atoms with Gasteiger partial charge in [0, 0.05) is 13.1 Å². The van der Waals surface area contributed by atoms with E-state index in [1.165, 1.54) is 0 Å². The maximum Gasteiger partial charge on any atom is 0.250 e. The number of halogens is 1. The second kappa shape index (κ2) is 3.82. The Labute approximate surface area is 70.9 Å². The fourth-order valence-electron chi connectivity index (χ4n) is 1.38.